The van der Waals surface area contributed by atoms with Crippen LogP contribution in [0.2, 0.25) is 0 Å². The van der Waals surface area contributed by atoms with Crippen LogP contribution in [0.5, 0.6) is 0 Å². The van der Waals surface area contributed by atoms with Gasteiger partial charge in [0.25, 0.3) is 0 Å². The summed E-state index contributed by atoms with van der Waals surface area (Å²) in [5, 5.41) is 9.93. The van der Waals surface area contributed by atoms with E-state index in [4.69, 9.17) is 0 Å². The van der Waals surface area contributed by atoms with Crippen molar-refractivity contribution in [2.45, 2.75) is 13.8 Å². The van der Waals surface area contributed by atoms with Crippen LogP contribution in [0.15, 0.2) is 98.1 Å². The van der Waals surface area contributed by atoms with Gasteiger partial charge in [-0.3, -0.25) is 4.98 Å². The van der Waals surface area contributed by atoms with Crippen molar-refractivity contribution < 1.29 is 0 Å². The zero-order chi connectivity index (χ0) is 23.2. The minimum Gasteiger partial charge on any atom is -0.360 e. The lowest BCUT2D eigenvalue weighted by molar-refractivity contribution is 1.16. The molecule has 0 bridgehead atoms. The fraction of sp³-hybridized carbons (Fsp3) is 0.0741. The van der Waals surface area contributed by atoms with Gasteiger partial charge >= 0.3 is 0 Å². The molecule has 0 aliphatic carbocycles. The fourth-order valence-corrected chi connectivity index (χ4v) is 3.37. The zero-order valence-corrected chi connectivity index (χ0v) is 18.8. The molecular formula is C27H26N6. The first-order valence-corrected chi connectivity index (χ1v) is 10.6. The Morgan fingerprint density at radius 1 is 0.879 bits per heavy atom. The molecule has 6 nitrogen and oxygen atoms in total. The van der Waals surface area contributed by atoms with E-state index >= 15 is 0 Å². The summed E-state index contributed by atoms with van der Waals surface area (Å²) in [5.41, 5.74) is 8.38. The molecule has 0 aliphatic rings. The maximum Gasteiger partial charge on any atom is 0.227 e. The molecule has 0 fully saturated rings. The quantitative estimate of drug-likeness (QED) is 0.289. The highest BCUT2D eigenvalue weighted by Crippen LogP contribution is 2.26. The van der Waals surface area contributed by atoms with Crippen molar-refractivity contribution in [1.29, 1.82) is 0 Å². The van der Waals surface area contributed by atoms with Gasteiger partial charge in [-0.1, -0.05) is 25.3 Å². The molecule has 3 N–H and O–H groups in total. The molecule has 0 radical (unpaired) electrons. The van der Waals surface area contributed by atoms with Gasteiger partial charge in [-0.15, -0.1) is 0 Å². The van der Waals surface area contributed by atoms with Crippen LogP contribution in [0.1, 0.15) is 18.1 Å². The van der Waals surface area contributed by atoms with Crippen LogP contribution >= 0.6 is 0 Å². The number of anilines is 4. The minimum absolute atomic E-state index is 0.534. The second-order valence-electron chi connectivity index (χ2n) is 7.75. The van der Waals surface area contributed by atoms with Crippen LogP contribution in [0.25, 0.3) is 17.0 Å². The van der Waals surface area contributed by atoms with Crippen molar-refractivity contribution in [1.82, 2.24) is 15.0 Å². The molecule has 0 saturated carbocycles. The number of benzene rings is 2. The average Bonchev–Trinajstić information content (AvgIpc) is 2.81. The number of pyridine rings is 1. The van der Waals surface area contributed by atoms with Crippen LogP contribution in [-0.2, 0) is 0 Å². The molecule has 2 heterocycles. The average molecular weight is 435 g/mol. The standard InChI is InChI=1S/C27H26N6/c1-18(2)30-23-9-5-7-21(16-23)20(4)31-24-10-11-25(19(3)15-24)32-27-29-14-12-26(33-27)22-8-6-13-28-17-22/h5-17,30-31H,1,4H2,2-3H3,(H,29,32,33). The molecule has 4 rings (SSSR count). The van der Waals surface area contributed by atoms with E-state index in [1.165, 1.54) is 0 Å². The van der Waals surface area contributed by atoms with E-state index in [2.05, 4.69) is 50.1 Å². The molecule has 6 heteroatoms. The summed E-state index contributed by atoms with van der Waals surface area (Å²) in [7, 11) is 0. The van der Waals surface area contributed by atoms with Crippen molar-refractivity contribution in [3.05, 3.63) is 109 Å². The molecule has 0 spiro atoms. The number of rotatable bonds is 8. The van der Waals surface area contributed by atoms with Gasteiger partial charge < -0.3 is 16.0 Å². The van der Waals surface area contributed by atoms with E-state index in [0.717, 1.165) is 50.8 Å². The number of nitrogens with one attached hydrogen (secondary N) is 3. The Kier molecular flexibility index (Phi) is 6.45. The van der Waals surface area contributed by atoms with E-state index in [0.29, 0.717) is 5.95 Å². The molecule has 0 unspecified atom stereocenters. The monoisotopic (exact) mass is 434 g/mol. The number of allylic oxidation sites excluding steroid dienone is 1. The summed E-state index contributed by atoms with van der Waals surface area (Å²) in [5.74, 6) is 0.534. The third kappa shape index (κ3) is 5.62. The van der Waals surface area contributed by atoms with Gasteiger partial charge in [0, 0.05) is 52.6 Å². The van der Waals surface area contributed by atoms with Crippen LogP contribution in [0.3, 0.4) is 0 Å². The van der Waals surface area contributed by atoms with Gasteiger partial charge in [-0.05, 0) is 73.5 Å². The van der Waals surface area contributed by atoms with E-state index in [1.54, 1.807) is 18.6 Å². The lowest BCUT2D eigenvalue weighted by atomic mass is 10.1. The summed E-state index contributed by atoms with van der Waals surface area (Å²) in [6.07, 6.45) is 5.27. The van der Waals surface area contributed by atoms with Crippen molar-refractivity contribution in [3.8, 4) is 11.3 Å². The normalized spacial score (nSPS) is 10.4. The smallest absolute Gasteiger partial charge is 0.227 e. The predicted molar refractivity (Wildman–Crippen MR) is 137 cm³/mol. The summed E-state index contributed by atoms with van der Waals surface area (Å²) in [6, 6.07) is 19.9. The first kappa shape index (κ1) is 21.8. The maximum atomic E-state index is 4.61. The highest BCUT2D eigenvalue weighted by molar-refractivity contribution is 5.78. The van der Waals surface area contributed by atoms with Gasteiger partial charge in [-0.25, -0.2) is 9.97 Å². The molecule has 164 valence electrons. The van der Waals surface area contributed by atoms with Crippen molar-refractivity contribution in [3.63, 3.8) is 0 Å². The second kappa shape index (κ2) is 9.78. The number of hydrogen-bond acceptors (Lipinski definition) is 6. The summed E-state index contributed by atoms with van der Waals surface area (Å²) < 4.78 is 0. The molecule has 2 aromatic carbocycles. The number of nitrogens with zero attached hydrogens (tertiary/aromatic N) is 3. The number of aryl methyl sites for hydroxylation is 1. The Balaban J connectivity index is 1.47. The van der Waals surface area contributed by atoms with Crippen LogP contribution in [0.4, 0.5) is 23.0 Å². The highest BCUT2D eigenvalue weighted by atomic mass is 15.1. The minimum atomic E-state index is 0.534. The molecule has 0 amide bonds. The van der Waals surface area contributed by atoms with E-state index in [9.17, 15) is 0 Å². The van der Waals surface area contributed by atoms with E-state index in [1.807, 2.05) is 68.4 Å². The van der Waals surface area contributed by atoms with Gasteiger partial charge in [0.05, 0.1) is 5.69 Å². The maximum absolute atomic E-state index is 4.61. The van der Waals surface area contributed by atoms with Crippen LogP contribution in [0, 0.1) is 6.92 Å². The first-order chi connectivity index (χ1) is 16.0. The third-order valence-corrected chi connectivity index (χ3v) is 4.95. The largest absolute Gasteiger partial charge is 0.360 e. The Morgan fingerprint density at radius 2 is 1.73 bits per heavy atom. The Labute approximate surface area is 194 Å². The molecule has 0 atom stereocenters. The second-order valence-corrected chi connectivity index (χ2v) is 7.75. The van der Waals surface area contributed by atoms with Gasteiger partial charge in [-0.2, -0.15) is 0 Å². The summed E-state index contributed by atoms with van der Waals surface area (Å²) >= 11 is 0. The Hall–Kier alpha value is -4.45. The van der Waals surface area contributed by atoms with E-state index < -0.39 is 0 Å². The first-order valence-electron chi connectivity index (χ1n) is 10.6. The van der Waals surface area contributed by atoms with Crippen LogP contribution < -0.4 is 16.0 Å². The predicted octanol–water partition coefficient (Wildman–Crippen LogP) is 6.62. The fourth-order valence-electron chi connectivity index (χ4n) is 3.37. The topological polar surface area (TPSA) is 74.8 Å². The lowest BCUT2D eigenvalue weighted by Gasteiger charge is -2.14. The number of aromatic nitrogens is 3. The number of hydrogen-bond donors (Lipinski definition) is 3. The van der Waals surface area contributed by atoms with Gasteiger partial charge in [0.2, 0.25) is 5.95 Å². The van der Waals surface area contributed by atoms with Gasteiger partial charge in [0.15, 0.2) is 0 Å². The summed E-state index contributed by atoms with van der Waals surface area (Å²) in [4.78, 5) is 13.1. The van der Waals surface area contributed by atoms with Gasteiger partial charge in [0.1, 0.15) is 0 Å². The van der Waals surface area contributed by atoms with Crippen LogP contribution in [-0.4, -0.2) is 15.0 Å². The third-order valence-electron chi connectivity index (χ3n) is 4.95. The van der Waals surface area contributed by atoms with Crippen molar-refractivity contribution in [2.24, 2.45) is 0 Å². The Morgan fingerprint density at radius 3 is 2.48 bits per heavy atom. The zero-order valence-electron chi connectivity index (χ0n) is 18.8. The highest BCUT2D eigenvalue weighted by Gasteiger charge is 2.07. The van der Waals surface area contributed by atoms with Crippen molar-refractivity contribution >= 4 is 28.7 Å². The molecular weight excluding hydrogens is 408 g/mol. The molecule has 0 saturated heterocycles. The van der Waals surface area contributed by atoms with E-state index in [-0.39, 0.29) is 0 Å². The lowest BCUT2D eigenvalue weighted by Crippen LogP contribution is -2.02. The summed E-state index contributed by atoms with van der Waals surface area (Å²) in [6.45, 7) is 12.1. The van der Waals surface area contributed by atoms with Crippen molar-refractivity contribution in [2.75, 3.05) is 16.0 Å². The molecule has 4 aromatic rings. The molecule has 0 aliphatic heterocycles. The molecule has 33 heavy (non-hydrogen) atoms. The molecule has 2 aromatic heterocycles. The Bertz CT molecular complexity index is 1300. The SMILES string of the molecule is C=C(C)Nc1cccc(C(=C)Nc2ccc(Nc3nccc(-c4cccnc4)n3)c(C)c2)c1.